The molecule has 0 bridgehead atoms. The Morgan fingerprint density at radius 2 is 1.39 bits per heavy atom. The van der Waals surface area contributed by atoms with Crippen molar-refractivity contribution in [2.24, 2.45) is 11.8 Å². The molecule has 180 valence electrons. The zero-order valence-electron chi connectivity index (χ0n) is 19.6. The number of nitrogens with zero attached hydrogens (tertiary/aromatic N) is 1. The molecule has 2 aliphatic heterocycles. The van der Waals surface area contributed by atoms with Crippen LogP contribution in [0.1, 0.15) is 57.7 Å². The number of amides is 2. The van der Waals surface area contributed by atoms with E-state index in [0.29, 0.717) is 11.3 Å². The summed E-state index contributed by atoms with van der Waals surface area (Å²) in [5.41, 5.74) is 0.493. The molecular formula is C29H22BrNO5. The standard InChI is InChI=1S/C29H22BrNO5/c1-15(2)16-9-13-19(14-10-16)31-27(34)22-23(28(31)35)29(36-24(22)17-7-11-18(30)12-8-17)25(32)20-5-3-4-6-21(20)26(29)33/h3-15,22-24H,1-2H3/t22-,23+,24-/m1/s1. The molecule has 3 aromatic carbocycles. The number of imide groups is 1. The van der Waals surface area contributed by atoms with Gasteiger partial charge in [0, 0.05) is 15.6 Å². The molecule has 2 heterocycles. The number of halogens is 1. The van der Waals surface area contributed by atoms with Crippen LogP contribution < -0.4 is 4.90 Å². The van der Waals surface area contributed by atoms with Gasteiger partial charge in [0.1, 0.15) is 0 Å². The first-order chi connectivity index (χ1) is 17.3. The lowest BCUT2D eigenvalue weighted by Crippen LogP contribution is -2.51. The molecule has 1 aliphatic carbocycles. The fraction of sp³-hybridized carbons (Fsp3) is 0.241. The van der Waals surface area contributed by atoms with Gasteiger partial charge >= 0.3 is 0 Å². The van der Waals surface area contributed by atoms with Crippen molar-refractivity contribution in [3.63, 3.8) is 0 Å². The van der Waals surface area contributed by atoms with Crippen LogP contribution in [0, 0.1) is 11.8 Å². The molecule has 0 aromatic heterocycles. The van der Waals surface area contributed by atoms with Crippen LogP contribution in [0.25, 0.3) is 0 Å². The van der Waals surface area contributed by atoms with E-state index in [1.807, 2.05) is 12.1 Å². The molecule has 1 spiro atoms. The van der Waals surface area contributed by atoms with Crippen LogP contribution in [-0.4, -0.2) is 29.0 Å². The molecule has 3 aromatic rings. The average Bonchev–Trinajstić information content (AvgIpc) is 3.44. The number of ether oxygens (including phenoxy) is 1. The van der Waals surface area contributed by atoms with E-state index >= 15 is 0 Å². The van der Waals surface area contributed by atoms with Crippen molar-refractivity contribution in [3.8, 4) is 0 Å². The van der Waals surface area contributed by atoms with Gasteiger partial charge in [0.15, 0.2) is 0 Å². The summed E-state index contributed by atoms with van der Waals surface area (Å²) in [6.45, 7) is 4.12. The number of hydrogen-bond acceptors (Lipinski definition) is 5. The van der Waals surface area contributed by atoms with E-state index in [0.717, 1.165) is 14.9 Å². The van der Waals surface area contributed by atoms with Crippen LogP contribution in [0.15, 0.2) is 77.3 Å². The van der Waals surface area contributed by atoms with Crippen molar-refractivity contribution in [2.45, 2.75) is 31.5 Å². The lowest BCUT2D eigenvalue weighted by molar-refractivity contribution is -0.127. The van der Waals surface area contributed by atoms with Crippen LogP contribution in [-0.2, 0) is 14.3 Å². The number of rotatable bonds is 3. The molecule has 0 N–H and O–H groups in total. The van der Waals surface area contributed by atoms with E-state index in [9.17, 15) is 19.2 Å². The number of anilines is 1. The molecular weight excluding hydrogens is 522 g/mol. The van der Waals surface area contributed by atoms with Gasteiger partial charge in [-0.2, -0.15) is 0 Å². The quantitative estimate of drug-likeness (QED) is 0.332. The molecule has 36 heavy (non-hydrogen) atoms. The summed E-state index contributed by atoms with van der Waals surface area (Å²) < 4.78 is 7.13. The normalized spacial score (nSPS) is 24.2. The van der Waals surface area contributed by atoms with E-state index in [-0.39, 0.29) is 17.0 Å². The minimum Gasteiger partial charge on any atom is -0.349 e. The summed E-state index contributed by atoms with van der Waals surface area (Å²) in [4.78, 5) is 56.5. The minimum absolute atomic E-state index is 0.220. The number of ketones is 2. The van der Waals surface area contributed by atoms with Crippen molar-refractivity contribution in [1.82, 2.24) is 0 Å². The number of fused-ring (bicyclic) bond motifs is 3. The molecule has 0 unspecified atom stereocenters. The van der Waals surface area contributed by atoms with Gasteiger partial charge in [-0.05, 0) is 41.3 Å². The Bertz CT molecular complexity index is 1410. The highest BCUT2D eigenvalue weighted by Crippen LogP contribution is 2.57. The molecule has 6 rings (SSSR count). The van der Waals surface area contributed by atoms with E-state index < -0.39 is 46.9 Å². The maximum absolute atomic E-state index is 14.0. The van der Waals surface area contributed by atoms with Gasteiger partial charge in [-0.1, -0.05) is 78.3 Å². The Hall–Kier alpha value is -3.42. The van der Waals surface area contributed by atoms with Crippen LogP contribution in [0.5, 0.6) is 0 Å². The Labute approximate surface area is 216 Å². The maximum Gasteiger partial charge on any atom is 0.241 e. The Morgan fingerprint density at radius 3 is 1.94 bits per heavy atom. The molecule has 0 saturated carbocycles. The van der Waals surface area contributed by atoms with E-state index in [2.05, 4.69) is 29.8 Å². The first kappa shape index (κ1) is 23.0. The molecule has 2 saturated heterocycles. The van der Waals surface area contributed by atoms with Gasteiger partial charge in [0.05, 0.1) is 23.6 Å². The second kappa shape index (κ2) is 8.05. The van der Waals surface area contributed by atoms with Gasteiger partial charge in [0.2, 0.25) is 29.0 Å². The monoisotopic (exact) mass is 543 g/mol. The van der Waals surface area contributed by atoms with Crippen molar-refractivity contribution < 1.29 is 23.9 Å². The first-order valence-electron chi connectivity index (χ1n) is 11.9. The highest BCUT2D eigenvalue weighted by molar-refractivity contribution is 9.10. The van der Waals surface area contributed by atoms with Gasteiger partial charge < -0.3 is 4.74 Å². The van der Waals surface area contributed by atoms with E-state index in [4.69, 9.17) is 4.74 Å². The summed E-state index contributed by atoms with van der Waals surface area (Å²) in [5.74, 6) is -4.15. The SMILES string of the molecule is CC(C)c1ccc(N2C(=O)[C@H]3[C@@H](c4ccc(Br)cc4)OC4(C(=O)c5ccccc5C4=O)[C@@H]3C2=O)cc1. The third-order valence-corrected chi connectivity index (χ3v) is 8.06. The van der Waals surface area contributed by atoms with Gasteiger partial charge in [-0.3, -0.25) is 19.2 Å². The van der Waals surface area contributed by atoms with Crippen molar-refractivity contribution >= 4 is 45.0 Å². The largest absolute Gasteiger partial charge is 0.349 e. The Balaban J connectivity index is 1.51. The predicted octanol–water partition coefficient (Wildman–Crippen LogP) is 5.27. The molecule has 6 nitrogen and oxygen atoms in total. The molecule has 3 aliphatic rings. The van der Waals surface area contributed by atoms with Gasteiger partial charge in [-0.15, -0.1) is 0 Å². The molecule has 2 amide bonds. The highest BCUT2D eigenvalue weighted by Gasteiger charge is 2.74. The van der Waals surface area contributed by atoms with Crippen LogP contribution in [0.2, 0.25) is 0 Å². The van der Waals surface area contributed by atoms with E-state index in [1.165, 1.54) is 0 Å². The zero-order valence-corrected chi connectivity index (χ0v) is 21.2. The van der Waals surface area contributed by atoms with Crippen molar-refractivity contribution in [2.75, 3.05) is 4.90 Å². The highest BCUT2D eigenvalue weighted by atomic mass is 79.9. The number of Topliss-reactive ketones (excluding diaryl/α,β-unsaturated/α-hetero) is 2. The van der Waals surface area contributed by atoms with Gasteiger partial charge in [-0.25, -0.2) is 4.90 Å². The summed E-state index contributed by atoms with van der Waals surface area (Å²) in [5, 5.41) is 0. The fourth-order valence-electron chi connectivity index (χ4n) is 5.73. The molecule has 3 atom stereocenters. The topological polar surface area (TPSA) is 80.8 Å². The number of hydrogen-bond donors (Lipinski definition) is 0. The summed E-state index contributed by atoms with van der Waals surface area (Å²) >= 11 is 3.41. The average molecular weight is 544 g/mol. The molecule has 2 fully saturated rings. The number of benzene rings is 3. The maximum atomic E-state index is 14.0. The summed E-state index contributed by atoms with van der Waals surface area (Å²) in [6.07, 6.45) is -0.929. The second-order valence-corrected chi connectivity index (χ2v) is 10.7. The summed E-state index contributed by atoms with van der Waals surface area (Å²) in [6, 6.07) is 20.9. The fourth-order valence-corrected chi connectivity index (χ4v) is 6.00. The smallest absolute Gasteiger partial charge is 0.241 e. The molecule has 0 radical (unpaired) electrons. The van der Waals surface area contributed by atoms with Gasteiger partial charge in [0.25, 0.3) is 0 Å². The minimum atomic E-state index is -2.06. The van der Waals surface area contributed by atoms with Crippen molar-refractivity contribution in [3.05, 3.63) is 99.5 Å². The lowest BCUT2D eigenvalue weighted by Gasteiger charge is -2.27. The van der Waals surface area contributed by atoms with Crippen LogP contribution >= 0.6 is 15.9 Å². The lowest BCUT2D eigenvalue weighted by atomic mass is 9.77. The van der Waals surface area contributed by atoms with Crippen LogP contribution in [0.4, 0.5) is 5.69 Å². The van der Waals surface area contributed by atoms with Crippen molar-refractivity contribution in [1.29, 1.82) is 0 Å². The molecule has 7 heteroatoms. The van der Waals surface area contributed by atoms with Crippen LogP contribution in [0.3, 0.4) is 0 Å². The second-order valence-electron chi connectivity index (χ2n) is 9.79. The Morgan fingerprint density at radius 1 is 0.806 bits per heavy atom. The third-order valence-electron chi connectivity index (χ3n) is 7.54. The third kappa shape index (κ3) is 2.99. The first-order valence-corrected chi connectivity index (χ1v) is 12.6. The van der Waals surface area contributed by atoms with E-state index in [1.54, 1.807) is 60.7 Å². The predicted molar refractivity (Wildman–Crippen MR) is 136 cm³/mol. The number of carbonyl (C=O) groups is 4. The number of carbonyl (C=O) groups excluding carboxylic acids is 4. The zero-order chi connectivity index (χ0) is 25.4. The Kier molecular flexibility index (Phi) is 5.14. The summed E-state index contributed by atoms with van der Waals surface area (Å²) in [7, 11) is 0.